The summed E-state index contributed by atoms with van der Waals surface area (Å²) in [4.78, 5) is 63.7. The summed E-state index contributed by atoms with van der Waals surface area (Å²) in [6.07, 6.45) is 6.36. The van der Waals surface area contributed by atoms with E-state index in [1.54, 1.807) is 56.3 Å². The minimum atomic E-state index is -1.18. The van der Waals surface area contributed by atoms with Crippen LogP contribution in [0.15, 0.2) is 54.6 Å². The molecular weight excluding hydrogens is 448 g/mol. The van der Waals surface area contributed by atoms with Crippen LogP contribution in [0, 0.1) is 17.8 Å². The Kier molecular flexibility index (Phi) is 10.1. The van der Waals surface area contributed by atoms with Gasteiger partial charge in [-0.25, -0.2) is 10.4 Å². The molecule has 1 aromatic carbocycles. The highest BCUT2D eigenvalue weighted by Crippen LogP contribution is 2.28. The standard InChI is InChI=1S/C26H34N4O5/c1-6-7-9-14-20(31)28-19(18-12-10-8-11-13-18)15-21(32)29-23(16(2)3)24(33)22-17(4)25(34)30(27-5)26(22)35/h6-14,16-17,19,22-23,27H,15H2,1-5H3,(H,28,31)(H,29,32)/b7-6+,14-9+/t17-,19-,22+,23-/m0/s1. The molecule has 4 atom stereocenters. The molecule has 4 amide bonds. The maximum absolute atomic E-state index is 13.3. The Labute approximate surface area is 206 Å². The van der Waals surface area contributed by atoms with Gasteiger partial charge in [0.25, 0.3) is 5.91 Å². The van der Waals surface area contributed by atoms with E-state index in [-0.39, 0.29) is 18.2 Å². The van der Waals surface area contributed by atoms with Crippen molar-refractivity contribution in [3.05, 3.63) is 60.2 Å². The fourth-order valence-corrected chi connectivity index (χ4v) is 3.99. The number of nitrogens with zero attached hydrogens (tertiary/aromatic N) is 1. The Bertz CT molecular complexity index is 1000. The summed E-state index contributed by atoms with van der Waals surface area (Å²) in [6.45, 7) is 6.87. The molecule has 0 spiro atoms. The zero-order chi connectivity index (χ0) is 26.1. The fourth-order valence-electron chi connectivity index (χ4n) is 3.99. The van der Waals surface area contributed by atoms with E-state index in [1.807, 2.05) is 13.0 Å². The third-order valence-corrected chi connectivity index (χ3v) is 5.88. The lowest BCUT2D eigenvalue weighted by Crippen LogP contribution is -2.50. The summed E-state index contributed by atoms with van der Waals surface area (Å²) in [5, 5.41) is 6.40. The molecule has 2 rings (SSSR count). The summed E-state index contributed by atoms with van der Waals surface area (Å²) in [5.41, 5.74) is 3.25. The highest BCUT2D eigenvalue weighted by molar-refractivity contribution is 6.16. The summed E-state index contributed by atoms with van der Waals surface area (Å²) in [6, 6.07) is 7.45. The summed E-state index contributed by atoms with van der Waals surface area (Å²) in [5.74, 6) is -4.77. The number of Topliss-reactive ketones (excluding diaryl/α,β-unsaturated/α-hetero) is 1. The number of ketones is 1. The van der Waals surface area contributed by atoms with Gasteiger partial charge >= 0.3 is 0 Å². The van der Waals surface area contributed by atoms with Gasteiger partial charge in [-0.15, -0.1) is 0 Å². The lowest BCUT2D eigenvalue weighted by atomic mass is 9.85. The summed E-state index contributed by atoms with van der Waals surface area (Å²) < 4.78 is 0. The van der Waals surface area contributed by atoms with Crippen molar-refractivity contribution in [1.82, 2.24) is 21.1 Å². The normalized spacial score (nSPS) is 20.0. The first-order valence-electron chi connectivity index (χ1n) is 11.6. The van der Waals surface area contributed by atoms with Gasteiger partial charge in [0.2, 0.25) is 17.7 Å². The van der Waals surface area contributed by atoms with Crippen LogP contribution in [0.2, 0.25) is 0 Å². The van der Waals surface area contributed by atoms with Crippen molar-refractivity contribution >= 4 is 29.4 Å². The molecular formula is C26H34N4O5. The lowest BCUT2D eigenvalue weighted by molar-refractivity contribution is -0.144. The van der Waals surface area contributed by atoms with Crippen molar-refractivity contribution < 1.29 is 24.0 Å². The Morgan fingerprint density at radius 2 is 1.69 bits per heavy atom. The van der Waals surface area contributed by atoms with Crippen molar-refractivity contribution in [2.45, 2.75) is 46.2 Å². The van der Waals surface area contributed by atoms with E-state index in [1.165, 1.54) is 20.0 Å². The molecule has 1 heterocycles. The number of imide groups is 1. The second kappa shape index (κ2) is 12.8. The van der Waals surface area contributed by atoms with E-state index >= 15 is 0 Å². The number of hydrogen-bond donors (Lipinski definition) is 3. The molecule has 0 bridgehead atoms. The van der Waals surface area contributed by atoms with Crippen LogP contribution in [0.25, 0.3) is 0 Å². The highest BCUT2D eigenvalue weighted by Gasteiger charge is 2.50. The SMILES string of the molecule is C/C=C/C=C/C(=O)N[C@@H](CC(=O)N[C@H](C(=O)[C@@H]1C(=O)N(NC)C(=O)[C@H]1C)C(C)C)c1ccccc1. The quantitative estimate of drug-likeness (QED) is 0.191. The zero-order valence-electron chi connectivity index (χ0n) is 20.8. The van der Waals surface area contributed by atoms with Gasteiger partial charge in [0.15, 0.2) is 5.78 Å². The van der Waals surface area contributed by atoms with Gasteiger partial charge < -0.3 is 10.6 Å². The Morgan fingerprint density at radius 3 is 2.23 bits per heavy atom. The maximum atomic E-state index is 13.3. The number of amides is 4. The number of carbonyl (C=O) groups is 5. The molecule has 0 aliphatic carbocycles. The van der Waals surface area contributed by atoms with E-state index in [0.29, 0.717) is 0 Å². The average molecular weight is 483 g/mol. The second-order valence-electron chi connectivity index (χ2n) is 8.75. The van der Waals surface area contributed by atoms with Gasteiger partial charge in [0.1, 0.15) is 5.92 Å². The summed E-state index contributed by atoms with van der Waals surface area (Å²) in [7, 11) is 1.43. The molecule has 188 valence electrons. The number of allylic oxidation sites excluding steroid dienone is 3. The third-order valence-electron chi connectivity index (χ3n) is 5.88. The van der Waals surface area contributed by atoms with Crippen molar-refractivity contribution in [3.8, 4) is 0 Å². The third kappa shape index (κ3) is 6.95. The van der Waals surface area contributed by atoms with Crippen LogP contribution in [0.4, 0.5) is 0 Å². The molecule has 1 aliphatic rings. The first-order valence-corrected chi connectivity index (χ1v) is 11.6. The number of carbonyl (C=O) groups excluding carboxylic acids is 5. The van der Waals surface area contributed by atoms with Crippen molar-refractivity contribution in [3.63, 3.8) is 0 Å². The monoisotopic (exact) mass is 482 g/mol. The topological polar surface area (TPSA) is 125 Å². The smallest absolute Gasteiger partial charge is 0.255 e. The number of hydrogen-bond acceptors (Lipinski definition) is 6. The maximum Gasteiger partial charge on any atom is 0.255 e. The molecule has 1 aliphatic heterocycles. The second-order valence-corrected chi connectivity index (χ2v) is 8.75. The van der Waals surface area contributed by atoms with Gasteiger partial charge in [-0.1, -0.05) is 69.3 Å². The molecule has 9 nitrogen and oxygen atoms in total. The molecule has 35 heavy (non-hydrogen) atoms. The summed E-state index contributed by atoms with van der Waals surface area (Å²) >= 11 is 0. The molecule has 0 radical (unpaired) electrons. The van der Waals surface area contributed by atoms with Crippen molar-refractivity contribution in [2.24, 2.45) is 17.8 Å². The molecule has 0 saturated carbocycles. The molecule has 0 unspecified atom stereocenters. The van der Waals surface area contributed by atoms with Crippen LogP contribution < -0.4 is 16.1 Å². The van der Waals surface area contributed by atoms with Gasteiger partial charge in [0.05, 0.1) is 24.4 Å². The van der Waals surface area contributed by atoms with Gasteiger partial charge in [-0.05, 0) is 18.4 Å². The molecule has 0 aromatic heterocycles. The molecule has 1 aromatic rings. The Hall–Kier alpha value is -3.59. The van der Waals surface area contributed by atoms with Crippen LogP contribution in [0.1, 0.15) is 45.7 Å². The van der Waals surface area contributed by atoms with E-state index in [0.717, 1.165) is 10.6 Å². The van der Waals surface area contributed by atoms with Crippen LogP contribution in [-0.4, -0.2) is 47.5 Å². The van der Waals surface area contributed by atoms with Crippen LogP contribution >= 0.6 is 0 Å². The zero-order valence-corrected chi connectivity index (χ0v) is 20.8. The number of hydrazine groups is 1. The van der Waals surface area contributed by atoms with Gasteiger partial charge in [0, 0.05) is 13.1 Å². The minimum absolute atomic E-state index is 0.112. The fraction of sp³-hybridized carbons (Fsp3) is 0.423. The van der Waals surface area contributed by atoms with Gasteiger partial charge in [-0.2, -0.15) is 0 Å². The van der Waals surface area contributed by atoms with Crippen LogP contribution in [0.3, 0.4) is 0 Å². The minimum Gasteiger partial charge on any atom is -0.346 e. The van der Waals surface area contributed by atoms with Crippen LogP contribution in [0.5, 0.6) is 0 Å². The first-order chi connectivity index (χ1) is 16.6. The highest BCUT2D eigenvalue weighted by atomic mass is 16.2. The number of rotatable bonds is 11. The molecule has 9 heteroatoms. The van der Waals surface area contributed by atoms with E-state index in [4.69, 9.17) is 0 Å². The van der Waals surface area contributed by atoms with E-state index in [2.05, 4.69) is 16.1 Å². The Balaban J connectivity index is 2.19. The van der Waals surface area contributed by atoms with Crippen molar-refractivity contribution in [1.29, 1.82) is 0 Å². The molecule has 1 fully saturated rings. The molecule has 3 N–H and O–H groups in total. The lowest BCUT2D eigenvalue weighted by Gasteiger charge is -2.26. The Morgan fingerprint density at radius 1 is 1.03 bits per heavy atom. The first kappa shape index (κ1) is 27.7. The van der Waals surface area contributed by atoms with Crippen molar-refractivity contribution in [2.75, 3.05) is 7.05 Å². The van der Waals surface area contributed by atoms with E-state index < -0.39 is 47.4 Å². The predicted molar refractivity (Wildman–Crippen MR) is 131 cm³/mol. The average Bonchev–Trinajstić information content (AvgIpc) is 3.04. The van der Waals surface area contributed by atoms with E-state index in [9.17, 15) is 24.0 Å². The number of nitrogens with one attached hydrogen (secondary N) is 3. The largest absolute Gasteiger partial charge is 0.346 e. The molecule has 1 saturated heterocycles. The van der Waals surface area contributed by atoms with Gasteiger partial charge in [-0.3, -0.25) is 24.0 Å². The predicted octanol–water partition coefficient (Wildman–Crippen LogP) is 1.83. The van der Waals surface area contributed by atoms with Crippen LogP contribution in [-0.2, 0) is 24.0 Å². The number of benzene rings is 1.